The normalized spacial score (nSPS) is 29.9. The van der Waals surface area contributed by atoms with Gasteiger partial charge in [-0.15, -0.1) is 0 Å². The highest BCUT2D eigenvalue weighted by molar-refractivity contribution is 5.78. The van der Waals surface area contributed by atoms with E-state index in [4.69, 9.17) is 0 Å². The van der Waals surface area contributed by atoms with E-state index in [1.54, 1.807) is 0 Å². The van der Waals surface area contributed by atoms with Crippen LogP contribution in [0.2, 0.25) is 0 Å². The van der Waals surface area contributed by atoms with Crippen LogP contribution in [0.5, 0.6) is 0 Å². The molecule has 2 aliphatic carbocycles. The number of amides is 3. The second-order valence-electron chi connectivity index (χ2n) is 8.34. The molecule has 0 atom stereocenters. The van der Waals surface area contributed by atoms with E-state index in [1.165, 1.54) is 32.1 Å². The van der Waals surface area contributed by atoms with Crippen molar-refractivity contribution in [3.63, 3.8) is 0 Å². The lowest BCUT2D eigenvalue weighted by molar-refractivity contribution is -0.125. The summed E-state index contributed by atoms with van der Waals surface area (Å²) in [5.74, 6) is 1.92. The van der Waals surface area contributed by atoms with Crippen molar-refractivity contribution in [2.45, 2.75) is 90.6 Å². The van der Waals surface area contributed by atoms with Crippen LogP contribution in [0.4, 0.5) is 4.79 Å². The summed E-state index contributed by atoms with van der Waals surface area (Å²) in [7, 11) is 0. The molecule has 0 aromatic carbocycles. The lowest BCUT2D eigenvalue weighted by Crippen LogP contribution is -2.43. The maximum Gasteiger partial charge on any atom is 0.314 e. The van der Waals surface area contributed by atoms with Crippen molar-refractivity contribution in [1.82, 2.24) is 16.0 Å². The van der Waals surface area contributed by atoms with Gasteiger partial charge in [-0.25, -0.2) is 4.79 Å². The van der Waals surface area contributed by atoms with Gasteiger partial charge in [-0.1, -0.05) is 13.8 Å². The molecule has 0 aromatic rings. The highest BCUT2D eigenvalue weighted by Gasteiger charge is 2.28. The first-order valence-electron chi connectivity index (χ1n) is 10.3. The van der Waals surface area contributed by atoms with Gasteiger partial charge in [0.15, 0.2) is 0 Å². The molecule has 0 spiro atoms. The number of rotatable bonds is 6. The molecule has 2 saturated carbocycles. The van der Waals surface area contributed by atoms with Crippen molar-refractivity contribution in [3.8, 4) is 0 Å². The van der Waals surface area contributed by atoms with E-state index in [1.807, 2.05) is 20.8 Å². The van der Waals surface area contributed by atoms with E-state index < -0.39 is 0 Å². The topological polar surface area (TPSA) is 70.2 Å². The minimum atomic E-state index is -0.0206. The van der Waals surface area contributed by atoms with Crippen molar-refractivity contribution >= 4 is 11.9 Å². The first-order chi connectivity index (χ1) is 12.0. The molecule has 0 heterocycles. The Morgan fingerprint density at radius 3 is 1.76 bits per heavy atom. The van der Waals surface area contributed by atoms with Crippen molar-refractivity contribution in [1.29, 1.82) is 0 Å². The Labute approximate surface area is 153 Å². The fourth-order valence-corrected chi connectivity index (χ4v) is 4.32. The molecular weight excluding hydrogens is 314 g/mol. The van der Waals surface area contributed by atoms with Gasteiger partial charge < -0.3 is 16.0 Å². The molecule has 0 bridgehead atoms. The van der Waals surface area contributed by atoms with E-state index >= 15 is 0 Å². The van der Waals surface area contributed by atoms with E-state index in [2.05, 4.69) is 16.0 Å². The van der Waals surface area contributed by atoms with Gasteiger partial charge in [-0.2, -0.15) is 0 Å². The van der Waals surface area contributed by atoms with Gasteiger partial charge in [-0.05, 0) is 76.5 Å². The highest BCUT2D eigenvalue weighted by atomic mass is 16.2. The Morgan fingerprint density at radius 2 is 1.32 bits per heavy atom. The van der Waals surface area contributed by atoms with Crippen LogP contribution >= 0.6 is 0 Å². The SMILES string of the molecule is CCNC(=O)NC1CCC(CC2CCC(NC(=O)C(C)C)CC2)CC1. The molecule has 144 valence electrons. The average Bonchev–Trinajstić information content (AvgIpc) is 2.58. The summed E-state index contributed by atoms with van der Waals surface area (Å²) >= 11 is 0. The zero-order chi connectivity index (χ0) is 18.2. The first-order valence-corrected chi connectivity index (χ1v) is 10.3. The van der Waals surface area contributed by atoms with Crippen molar-refractivity contribution in [2.75, 3.05) is 6.54 Å². The molecule has 2 rings (SSSR count). The predicted molar refractivity (Wildman–Crippen MR) is 101 cm³/mol. The molecule has 0 aliphatic heterocycles. The number of hydrogen-bond donors (Lipinski definition) is 3. The van der Waals surface area contributed by atoms with Crippen LogP contribution in [-0.2, 0) is 4.79 Å². The quantitative estimate of drug-likeness (QED) is 0.684. The lowest BCUT2D eigenvalue weighted by atomic mass is 9.75. The zero-order valence-electron chi connectivity index (χ0n) is 16.3. The van der Waals surface area contributed by atoms with Crippen LogP contribution in [0.3, 0.4) is 0 Å². The van der Waals surface area contributed by atoms with Gasteiger partial charge in [0, 0.05) is 24.5 Å². The molecule has 5 heteroatoms. The smallest absolute Gasteiger partial charge is 0.314 e. The first kappa shape index (κ1) is 20.1. The Morgan fingerprint density at radius 1 is 0.840 bits per heavy atom. The fourth-order valence-electron chi connectivity index (χ4n) is 4.32. The molecule has 25 heavy (non-hydrogen) atoms. The minimum Gasteiger partial charge on any atom is -0.353 e. The van der Waals surface area contributed by atoms with Crippen molar-refractivity contribution in [2.24, 2.45) is 17.8 Å². The van der Waals surface area contributed by atoms with Crippen molar-refractivity contribution in [3.05, 3.63) is 0 Å². The molecule has 2 fully saturated rings. The summed E-state index contributed by atoms with van der Waals surface area (Å²) in [6, 6.07) is 0.723. The molecular formula is C20H37N3O2. The largest absolute Gasteiger partial charge is 0.353 e. The molecule has 2 aliphatic rings. The average molecular weight is 352 g/mol. The van der Waals surface area contributed by atoms with Crippen LogP contribution in [-0.4, -0.2) is 30.6 Å². The van der Waals surface area contributed by atoms with Gasteiger partial charge in [0.2, 0.25) is 5.91 Å². The van der Waals surface area contributed by atoms with Crippen LogP contribution in [0, 0.1) is 17.8 Å². The highest BCUT2D eigenvalue weighted by Crippen LogP contribution is 2.35. The number of urea groups is 1. The predicted octanol–water partition coefficient (Wildman–Crippen LogP) is 3.59. The summed E-state index contributed by atoms with van der Waals surface area (Å²) in [4.78, 5) is 23.4. The van der Waals surface area contributed by atoms with E-state index in [0.29, 0.717) is 18.6 Å². The number of carbonyl (C=O) groups is 2. The van der Waals surface area contributed by atoms with Gasteiger partial charge in [0.05, 0.1) is 0 Å². The third-order valence-corrected chi connectivity index (χ3v) is 5.90. The van der Waals surface area contributed by atoms with Crippen molar-refractivity contribution < 1.29 is 9.59 Å². The summed E-state index contributed by atoms with van der Waals surface area (Å²) < 4.78 is 0. The van der Waals surface area contributed by atoms with E-state index in [-0.39, 0.29) is 17.9 Å². The number of carbonyl (C=O) groups excluding carboxylic acids is 2. The van der Waals surface area contributed by atoms with E-state index in [0.717, 1.165) is 37.5 Å². The van der Waals surface area contributed by atoms with Gasteiger partial charge >= 0.3 is 6.03 Å². The number of nitrogens with one attached hydrogen (secondary N) is 3. The maximum absolute atomic E-state index is 11.8. The lowest BCUT2D eigenvalue weighted by Gasteiger charge is -2.34. The maximum atomic E-state index is 11.8. The molecule has 3 amide bonds. The Kier molecular flexibility index (Phi) is 8.04. The van der Waals surface area contributed by atoms with Crippen LogP contribution in [0.15, 0.2) is 0 Å². The third kappa shape index (κ3) is 6.87. The van der Waals surface area contributed by atoms with Crippen LogP contribution in [0.1, 0.15) is 78.6 Å². The zero-order valence-corrected chi connectivity index (χ0v) is 16.3. The van der Waals surface area contributed by atoms with Gasteiger partial charge in [-0.3, -0.25) is 4.79 Å². The Balaban J connectivity index is 1.61. The van der Waals surface area contributed by atoms with Gasteiger partial charge in [0.25, 0.3) is 0 Å². The molecule has 0 radical (unpaired) electrons. The molecule has 3 N–H and O–H groups in total. The molecule has 0 unspecified atom stereocenters. The minimum absolute atomic E-state index is 0.0206. The standard InChI is InChI=1S/C20H37N3O2/c1-4-21-20(25)23-18-11-7-16(8-12-18)13-15-5-9-17(10-6-15)22-19(24)14(2)3/h14-18H,4-13H2,1-3H3,(H,22,24)(H2,21,23,25). The fraction of sp³-hybridized carbons (Fsp3) is 0.900. The Bertz CT molecular complexity index is 423. The molecule has 0 saturated heterocycles. The third-order valence-electron chi connectivity index (χ3n) is 5.90. The second-order valence-corrected chi connectivity index (χ2v) is 8.34. The van der Waals surface area contributed by atoms with Crippen LogP contribution in [0.25, 0.3) is 0 Å². The second kappa shape index (κ2) is 10.0. The summed E-state index contributed by atoms with van der Waals surface area (Å²) in [6.07, 6.45) is 10.8. The van der Waals surface area contributed by atoms with Crippen LogP contribution < -0.4 is 16.0 Å². The number of hydrogen-bond acceptors (Lipinski definition) is 2. The van der Waals surface area contributed by atoms with E-state index in [9.17, 15) is 9.59 Å². The summed E-state index contributed by atoms with van der Waals surface area (Å²) in [5, 5.41) is 9.09. The summed E-state index contributed by atoms with van der Waals surface area (Å²) in [5.41, 5.74) is 0. The Hall–Kier alpha value is -1.26. The summed E-state index contributed by atoms with van der Waals surface area (Å²) in [6.45, 7) is 6.54. The monoisotopic (exact) mass is 351 g/mol. The van der Waals surface area contributed by atoms with Gasteiger partial charge in [0.1, 0.15) is 0 Å². The molecule has 0 aromatic heterocycles. The molecule has 5 nitrogen and oxygen atoms in total.